The molecular weight excluding hydrogens is 492 g/mol. The summed E-state index contributed by atoms with van der Waals surface area (Å²) in [4.78, 5) is 13.6. The maximum Gasteiger partial charge on any atom is 0.312 e. The van der Waals surface area contributed by atoms with Gasteiger partial charge in [-0.15, -0.1) is 0 Å². The lowest BCUT2D eigenvalue weighted by Crippen LogP contribution is -2.64. The van der Waals surface area contributed by atoms with Gasteiger partial charge in [0, 0.05) is 0 Å². The molecule has 0 heterocycles. The van der Waals surface area contributed by atoms with Gasteiger partial charge in [0.05, 0.1) is 11.5 Å². The number of benzene rings is 1. The van der Waals surface area contributed by atoms with Gasteiger partial charge < -0.3 is 9.84 Å². The standard InChI is InChI=1S/C37H54O3/c1-32(2)28-15-18-37(7)29(35(28,5)17-16-30(32)38)14-13-26-27-23-34(4,20-19-33(27,3)21-22-36(26,37)6)31(39)40-24-25-11-9-8-10-12-25/h8-13,27-30,38H,14-24H2,1-7H3/t27-,28?,29+,30-,33+,34-,35-,36+,37?/m0/s1. The summed E-state index contributed by atoms with van der Waals surface area (Å²) < 4.78 is 5.97. The van der Waals surface area contributed by atoms with E-state index >= 15 is 0 Å². The summed E-state index contributed by atoms with van der Waals surface area (Å²) in [5.41, 5.74) is 3.25. The third kappa shape index (κ3) is 3.88. The summed E-state index contributed by atoms with van der Waals surface area (Å²) in [6, 6.07) is 10.1. The van der Waals surface area contributed by atoms with E-state index in [1.165, 1.54) is 25.7 Å². The smallest absolute Gasteiger partial charge is 0.312 e. The Kier molecular flexibility index (Phi) is 6.55. The Labute approximate surface area is 243 Å². The molecule has 0 spiro atoms. The van der Waals surface area contributed by atoms with Crippen LogP contribution in [0.25, 0.3) is 0 Å². The number of fused-ring (bicyclic) bond motifs is 7. The molecule has 1 N–H and O–H groups in total. The van der Waals surface area contributed by atoms with Crippen molar-refractivity contribution in [2.24, 2.45) is 50.2 Å². The minimum atomic E-state index is -0.428. The van der Waals surface area contributed by atoms with Crippen molar-refractivity contribution in [3.05, 3.63) is 47.5 Å². The highest BCUT2D eigenvalue weighted by atomic mass is 16.5. The molecule has 1 aromatic carbocycles. The van der Waals surface area contributed by atoms with Gasteiger partial charge in [-0.05, 0) is 122 Å². The number of carbonyl (C=O) groups excluding carboxylic acids is 1. The van der Waals surface area contributed by atoms with E-state index in [-0.39, 0.29) is 39.1 Å². The highest BCUT2D eigenvalue weighted by molar-refractivity contribution is 5.76. The molecule has 4 fully saturated rings. The molecule has 40 heavy (non-hydrogen) atoms. The van der Waals surface area contributed by atoms with Crippen LogP contribution < -0.4 is 0 Å². The largest absolute Gasteiger partial charge is 0.460 e. The van der Waals surface area contributed by atoms with Gasteiger partial charge in [0.25, 0.3) is 0 Å². The molecule has 9 atom stereocenters. The lowest BCUT2D eigenvalue weighted by molar-refractivity contribution is -0.203. The highest BCUT2D eigenvalue weighted by Gasteiger charge is 2.68. The second-order valence-corrected chi connectivity index (χ2v) is 16.7. The van der Waals surface area contributed by atoms with Gasteiger partial charge >= 0.3 is 5.97 Å². The molecule has 4 saturated carbocycles. The Morgan fingerprint density at radius 3 is 2.30 bits per heavy atom. The van der Waals surface area contributed by atoms with Gasteiger partial charge in [-0.1, -0.05) is 83.5 Å². The quantitative estimate of drug-likeness (QED) is 0.304. The van der Waals surface area contributed by atoms with E-state index in [0.717, 1.165) is 44.1 Å². The van der Waals surface area contributed by atoms with Gasteiger partial charge in [-0.3, -0.25) is 4.79 Å². The van der Waals surface area contributed by atoms with Crippen LogP contribution in [0, 0.1) is 50.2 Å². The lowest BCUT2D eigenvalue weighted by atomic mass is 9.33. The van der Waals surface area contributed by atoms with Crippen LogP contribution in [0.3, 0.4) is 0 Å². The van der Waals surface area contributed by atoms with Crippen molar-refractivity contribution in [2.75, 3.05) is 0 Å². The SMILES string of the molecule is CC1(C)C2CCC3(C)[C@H](CC=C4[C@@H]5C[C@@](C)(C(=O)OCc6ccccc6)CC[C@]5(C)CC[C@]43C)[C@@]2(C)CC[C@@H]1O. The molecule has 0 bridgehead atoms. The van der Waals surface area contributed by atoms with Crippen LogP contribution in [0.4, 0.5) is 0 Å². The second-order valence-electron chi connectivity index (χ2n) is 16.7. The number of esters is 1. The first kappa shape index (κ1) is 28.5. The topological polar surface area (TPSA) is 46.5 Å². The number of allylic oxidation sites excluding steroid dienone is 2. The number of aliphatic hydroxyl groups excluding tert-OH is 1. The first-order valence-electron chi connectivity index (χ1n) is 16.3. The van der Waals surface area contributed by atoms with Gasteiger partial charge in [0.2, 0.25) is 0 Å². The summed E-state index contributed by atoms with van der Waals surface area (Å²) in [7, 11) is 0. The number of carbonyl (C=O) groups is 1. The Balaban J connectivity index is 1.30. The zero-order valence-corrected chi connectivity index (χ0v) is 26.3. The normalized spacial score (nSPS) is 47.5. The minimum absolute atomic E-state index is 0.0119. The number of hydrogen-bond acceptors (Lipinski definition) is 3. The van der Waals surface area contributed by atoms with Crippen molar-refractivity contribution in [3.8, 4) is 0 Å². The molecule has 0 amide bonds. The summed E-state index contributed by atoms with van der Waals surface area (Å²) in [5, 5.41) is 11.0. The molecule has 1 aromatic rings. The van der Waals surface area contributed by atoms with Crippen LogP contribution in [-0.4, -0.2) is 17.2 Å². The van der Waals surface area contributed by atoms with Crippen molar-refractivity contribution in [2.45, 2.75) is 125 Å². The van der Waals surface area contributed by atoms with E-state index in [2.05, 4.69) is 54.5 Å². The van der Waals surface area contributed by atoms with E-state index in [9.17, 15) is 9.90 Å². The third-order valence-corrected chi connectivity index (χ3v) is 14.5. The lowest BCUT2D eigenvalue weighted by Gasteiger charge is -2.71. The molecule has 5 aliphatic carbocycles. The zero-order chi connectivity index (χ0) is 28.8. The molecule has 0 aromatic heterocycles. The monoisotopic (exact) mass is 546 g/mol. The molecule has 0 aliphatic heterocycles. The van der Waals surface area contributed by atoms with Crippen LogP contribution in [-0.2, 0) is 16.1 Å². The Hall–Kier alpha value is -1.61. The van der Waals surface area contributed by atoms with Crippen molar-refractivity contribution in [1.29, 1.82) is 0 Å². The molecular formula is C37H54O3. The summed E-state index contributed by atoms with van der Waals surface area (Å²) >= 11 is 0. The van der Waals surface area contributed by atoms with Crippen molar-refractivity contribution in [1.82, 2.24) is 0 Å². The maximum atomic E-state index is 13.6. The van der Waals surface area contributed by atoms with E-state index in [0.29, 0.717) is 24.4 Å². The van der Waals surface area contributed by atoms with Crippen LogP contribution in [0.2, 0.25) is 0 Å². The molecule has 5 aliphatic rings. The van der Waals surface area contributed by atoms with Crippen molar-refractivity contribution < 1.29 is 14.6 Å². The van der Waals surface area contributed by atoms with Gasteiger partial charge in [-0.2, -0.15) is 0 Å². The Morgan fingerprint density at radius 2 is 1.57 bits per heavy atom. The number of ether oxygens (including phenoxy) is 1. The molecule has 6 rings (SSSR count). The van der Waals surface area contributed by atoms with Gasteiger partial charge in [0.15, 0.2) is 0 Å². The molecule has 0 radical (unpaired) electrons. The van der Waals surface area contributed by atoms with Crippen molar-refractivity contribution in [3.63, 3.8) is 0 Å². The first-order chi connectivity index (χ1) is 18.7. The van der Waals surface area contributed by atoms with Crippen LogP contribution >= 0.6 is 0 Å². The fraction of sp³-hybridized carbons (Fsp3) is 0.757. The summed E-state index contributed by atoms with van der Waals surface area (Å²) in [5.74, 6) is 1.66. The molecule has 220 valence electrons. The minimum Gasteiger partial charge on any atom is -0.460 e. The molecule has 0 saturated heterocycles. The number of hydrogen-bond donors (Lipinski definition) is 1. The van der Waals surface area contributed by atoms with Gasteiger partial charge in [0.1, 0.15) is 6.61 Å². The van der Waals surface area contributed by atoms with Crippen LogP contribution in [0.1, 0.15) is 118 Å². The average Bonchev–Trinajstić information content (AvgIpc) is 2.91. The molecule has 3 heteroatoms. The van der Waals surface area contributed by atoms with Crippen LogP contribution in [0.15, 0.2) is 42.0 Å². The predicted octanol–water partition coefficient (Wildman–Crippen LogP) is 8.89. The van der Waals surface area contributed by atoms with Crippen molar-refractivity contribution >= 4 is 5.97 Å². The van der Waals surface area contributed by atoms with E-state index in [1.54, 1.807) is 5.57 Å². The third-order valence-electron chi connectivity index (χ3n) is 14.5. The summed E-state index contributed by atoms with van der Waals surface area (Å²) in [6.07, 6.45) is 13.7. The maximum absolute atomic E-state index is 13.6. The first-order valence-corrected chi connectivity index (χ1v) is 16.3. The summed E-state index contributed by atoms with van der Waals surface area (Å²) in [6.45, 7) is 17.6. The zero-order valence-electron chi connectivity index (χ0n) is 26.3. The van der Waals surface area contributed by atoms with Crippen LogP contribution in [0.5, 0.6) is 0 Å². The Bertz CT molecular complexity index is 1190. The van der Waals surface area contributed by atoms with E-state index in [4.69, 9.17) is 4.74 Å². The average molecular weight is 547 g/mol. The number of rotatable bonds is 3. The van der Waals surface area contributed by atoms with E-state index in [1.807, 2.05) is 30.3 Å². The fourth-order valence-corrected chi connectivity index (χ4v) is 11.4. The molecule has 3 nitrogen and oxygen atoms in total. The fourth-order valence-electron chi connectivity index (χ4n) is 11.4. The highest BCUT2D eigenvalue weighted by Crippen LogP contribution is 2.75. The number of aliphatic hydroxyl groups is 1. The Morgan fingerprint density at radius 1 is 0.875 bits per heavy atom. The van der Waals surface area contributed by atoms with E-state index < -0.39 is 5.41 Å². The predicted molar refractivity (Wildman–Crippen MR) is 161 cm³/mol. The molecule has 2 unspecified atom stereocenters. The second kappa shape index (κ2) is 9.19. The van der Waals surface area contributed by atoms with Gasteiger partial charge in [-0.25, -0.2) is 0 Å².